The summed E-state index contributed by atoms with van der Waals surface area (Å²) in [5.41, 5.74) is 0.654. The zero-order chi connectivity index (χ0) is 12.0. The Morgan fingerprint density at radius 2 is 1.88 bits per heavy atom. The van der Waals surface area contributed by atoms with Gasteiger partial charge in [-0.15, -0.1) is 0 Å². The number of anilines is 1. The van der Waals surface area contributed by atoms with Crippen LogP contribution in [0.5, 0.6) is 0 Å². The average molecular weight is 270 g/mol. The quantitative estimate of drug-likeness (QED) is 0.865. The Morgan fingerprint density at radius 1 is 1.18 bits per heavy atom. The fraction of sp³-hybridized carbons (Fsp3) is 0.462. The van der Waals surface area contributed by atoms with Crippen LogP contribution in [-0.2, 0) is 4.79 Å². The minimum Gasteiger partial charge on any atom is -0.325 e. The van der Waals surface area contributed by atoms with Crippen LogP contribution < -0.4 is 5.32 Å². The summed E-state index contributed by atoms with van der Waals surface area (Å²) in [5, 5.41) is 3.96. The lowest BCUT2D eigenvalue weighted by atomic mass is 10.0. The van der Waals surface area contributed by atoms with Crippen molar-refractivity contribution in [2.24, 2.45) is 17.8 Å². The summed E-state index contributed by atoms with van der Waals surface area (Å²) in [6.07, 6.45) is 3.41. The molecule has 2 saturated carbocycles. The van der Waals surface area contributed by atoms with Crippen LogP contribution in [0.25, 0.3) is 0 Å². The second-order valence-electron chi connectivity index (χ2n) is 5.04. The zero-order valence-corrected chi connectivity index (χ0v) is 10.8. The summed E-state index contributed by atoms with van der Waals surface area (Å²) in [6.45, 7) is 0. The Hall–Kier alpha value is -0.730. The highest BCUT2D eigenvalue weighted by Crippen LogP contribution is 2.54. The lowest BCUT2D eigenvalue weighted by Gasteiger charge is -2.13. The van der Waals surface area contributed by atoms with E-state index in [4.69, 9.17) is 23.2 Å². The number of carbonyl (C=O) groups is 1. The van der Waals surface area contributed by atoms with Crippen molar-refractivity contribution in [1.29, 1.82) is 0 Å². The lowest BCUT2D eigenvalue weighted by Crippen LogP contribution is -2.21. The van der Waals surface area contributed by atoms with Gasteiger partial charge in [-0.05, 0) is 49.3 Å². The number of hydrogen-bond acceptors (Lipinski definition) is 1. The first-order valence-corrected chi connectivity index (χ1v) is 6.65. The van der Waals surface area contributed by atoms with Gasteiger partial charge in [0, 0.05) is 10.9 Å². The second kappa shape index (κ2) is 4.18. The van der Waals surface area contributed by atoms with Crippen LogP contribution in [0.4, 0.5) is 5.69 Å². The molecule has 2 fully saturated rings. The minimum absolute atomic E-state index is 0.0985. The number of carbonyl (C=O) groups excluding carboxylic acids is 1. The van der Waals surface area contributed by atoms with Crippen LogP contribution >= 0.6 is 23.2 Å². The molecule has 2 aliphatic carbocycles. The van der Waals surface area contributed by atoms with Crippen molar-refractivity contribution in [2.45, 2.75) is 19.3 Å². The van der Waals surface area contributed by atoms with Crippen molar-refractivity contribution in [2.75, 3.05) is 5.32 Å². The first kappa shape index (κ1) is 11.4. The first-order chi connectivity index (χ1) is 8.13. The van der Waals surface area contributed by atoms with Crippen LogP contribution in [0, 0.1) is 17.8 Å². The topological polar surface area (TPSA) is 29.1 Å². The molecule has 2 aliphatic rings. The average Bonchev–Trinajstić information content (AvgIpc) is 2.89. The number of rotatable bonds is 2. The second-order valence-corrected chi connectivity index (χ2v) is 5.88. The monoisotopic (exact) mass is 269 g/mol. The molecule has 90 valence electrons. The molecule has 0 saturated heterocycles. The molecule has 1 amide bonds. The third-order valence-corrected chi connectivity index (χ3v) is 4.35. The molecule has 1 aromatic rings. The maximum absolute atomic E-state index is 12.0. The smallest absolute Gasteiger partial charge is 0.227 e. The van der Waals surface area contributed by atoms with Gasteiger partial charge in [0.2, 0.25) is 5.91 Å². The van der Waals surface area contributed by atoms with E-state index < -0.39 is 0 Å². The molecule has 1 aromatic carbocycles. The molecule has 2 atom stereocenters. The number of nitrogens with one attached hydrogen (secondary N) is 1. The van der Waals surface area contributed by atoms with Crippen molar-refractivity contribution in [3.05, 3.63) is 28.2 Å². The van der Waals surface area contributed by atoms with E-state index in [0.29, 0.717) is 15.7 Å². The third-order valence-electron chi connectivity index (χ3n) is 3.80. The van der Waals surface area contributed by atoms with Crippen molar-refractivity contribution in [1.82, 2.24) is 0 Å². The van der Waals surface area contributed by atoms with Crippen molar-refractivity contribution >= 4 is 34.8 Å². The van der Waals surface area contributed by atoms with Gasteiger partial charge in [-0.2, -0.15) is 0 Å². The standard InChI is InChI=1S/C13H13Cl2NO/c14-10-1-2-12(11(15)6-10)16-13(17)9-4-7-3-8(7)5-9/h1-2,6-9H,3-5H2,(H,16,17). The van der Waals surface area contributed by atoms with Gasteiger partial charge in [0.1, 0.15) is 0 Å². The highest BCUT2D eigenvalue weighted by atomic mass is 35.5. The molecule has 0 aliphatic heterocycles. The van der Waals surface area contributed by atoms with E-state index >= 15 is 0 Å². The van der Waals surface area contributed by atoms with E-state index in [2.05, 4.69) is 5.32 Å². The number of halogens is 2. The van der Waals surface area contributed by atoms with Crippen LogP contribution in [0.2, 0.25) is 10.0 Å². The zero-order valence-electron chi connectivity index (χ0n) is 9.25. The first-order valence-electron chi connectivity index (χ1n) is 5.89. The molecule has 0 spiro atoms. The van der Waals surface area contributed by atoms with E-state index in [9.17, 15) is 4.79 Å². The van der Waals surface area contributed by atoms with Crippen molar-refractivity contribution in [3.8, 4) is 0 Å². The summed E-state index contributed by atoms with van der Waals surface area (Å²) < 4.78 is 0. The molecule has 17 heavy (non-hydrogen) atoms. The normalized spacial score (nSPS) is 29.9. The third kappa shape index (κ3) is 2.29. The molecule has 0 heterocycles. The molecule has 1 N–H and O–H groups in total. The van der Waals surface area contributed by atoms with E-state index in [1.807, 2.05) is 0 Å². The van der Waals surface area contributed by atoms with Gasteiger partial charge < -0.3 is 5.32 Å². The molecule has 0 bridgehead atoms. The fourth-order valence-electron chi connectivity index (χ4n) is 2.75. The van der Waals surface area contributed by atoms with Crippen molar-refractivity contribution in [3.63, 3.8) is 0 Å². The number of fused-ring (bicyclic) bond motifs is 1. The Kier molecular flexibility index (Phi) is 2.80. The molecule has 2 unspecified atom stereocenters. The van der Waals surface area contributed by atoms with Crippen LogP contribution in [0.3, 0.4) is 0 Å². The SMILES string of the molecule is O=C(Nc1ccc(Cl)cc1Cl)C1CC2CC2C1. The van der Waals surface area contributed by atoms with Gasteiger partial charge in [-0.25, -0.2) is 0 Å². The maximum atomic E-state index is 12.0. The number of benzene rings is 1. The number of hydrogen-bond donors (Lipinski definition) is 1. The molecule has 3 rings (SSSR count). The highest BCUT2D eigenvalue weighted by Gasteiger charge is 2.47. The molecule has 0 radical (unpaired) electrons. The molecule has 4 heteroatoms. The van der Waals surface area contributed by atoms with E-state index in [-0.39, 0.29) is 11.8 Å². The summed E-state index contributed by atoms with van der Waals surface area (Å²) in [5.74, 6) is 1.89. The van der Waals surface area contributed by atoms with Gasteiger partial charge in [0.25, 0.3) is 0 Å². The van der Waals surface area contributed by atoms with Crippen LogP contribution in [-0.4, -0.2) is 5.91 Å². The van der Waals surface area contributed by atoms with Crippen LogP contribution in [0.15, 0.2) is 18.2 Å². The highest BCUT2D eigenvalue weighted by molar-refractivity contribution is 6.36. The fourth-order valence-corrected chi connectivity index (χ4v) is 3.21. The molecule has 0 aromatic heterocycles. The minimum atomic E-state index is 0.0985. The molecule has 2 nitrogen and oxygen atoms in total. The predicted octanol–water partition coefficient (Wildman–Crippen LogP) is 3.98. The summed E-state index contributed by atoms with van der Waals surface area (Å²) in [4.78, 5) is 12.0. The Labute approximate surface area is 110 Å². The van der Waals surface area contributed by atoms with E-state index in [1.54, 1.807) is 18.2 Å². The summed E-state index contributed by atoms with van der Waals surface area (Å²) in [6, 6.07) is 5.12. The van der Waals surface area contributed by atoms with Crippen molar-refractivity contribution < 1.29 is 4.79 Å². The Balaban J connectivity index is 1.67. The van der Waals surface area contributed by atoms with E-state index in [1.165, 1.54) is 6.42 Å². The largest absolute Gasteiger partial charge is 0.325 e. The Morgan fingerprint density at radius 3 is 2.53 bits per heavy atom. The van der Waals surface area contributed by atoms with Gasteiger partial charge >= 0.3 is 0 Å². The summed E-state index contributed by atoms with van der Waals surface area (Å²) >= 11 is 11.8. The van der Waals surface area contributed by atoms with Gasteiger partial charge in [-0.1, -0.05) is 23.2 Å². The van der Waals surface area contributed by atoms with Gasteiger partial charge in [0.15, 0.2) is 0 Å². The van der Waals surface area contributed by atoms with Gasteiger partial charge in [0.05, 0.1) is 10.7 Å². The summed E-state index contributed by atoms with van der Waals surface area (Å²) in [7, 11) is 0. The maximum Gasteiger partial charge on any atom is 0.227 e. The molecular weight excluding hydrogens is 257 g/mol. The molecular formula is C13H13Cl2NO. The Bertz CT molecular complexity index is 464. The number of amides is 1. The lowest BCUT2D eigenvalue weighted by molar-refractivity contribution is -0.120. The van der Waals surface area contributed by atoms with Crippen LogP contribution in [0.1, 0.15) is 19.3 Å². The predicted molar refractivity (Wildman–Crippen MR) is 69.4 cm³/mol. The van der Waals surface area contributed by atoms with Gasteiger partial charge in [-0.3, -0.25) is 4.79 Å². The van der Waals surface area contributed by atoms with E-state index in [0.717, 1.165) is 24.7 Å².